The Labute approximate surface area is 123 Å². The average Bonchev–Trinajstić information content (AvgIpc) is 3.02. The summed E-state index contributed by atoms with van der Waals surface area (Å²) in [4.78, 5) is 12.0. The van der Waals surface area contributed by atoms with Gasteiger partial charge in [0, 0.05) is 0 Å². The second-order valence-electron chi connectivity index (χ2n) is 5.69. The molecule has 2 bridgehead atoms. The lowest BCUT2D eigenvalue weighted by atomic mass is 9.81. The van der Waals surface area contributed by atoms with Crippen molar-refractivity contribution in [2.75, 3.05) is 0 Å². The van der Waals surface area contributed by atoms with Crippen LogP contribution < -0.4 is 0 Å². The molecule has 0 aromatic heterocycles. The Morgan fingerprint density at radius 2 is 2.10 bits per heavy atom. The number of hydrogen-bond donors (Lipinski definition) is 0. The lowest BCUT2D eigenvalue weighted by molar-refractivity contribution is -0.145. The van der Waals surface area contributed by atoms with E-state index in [-0.39, 0.29) is 24.3 Å². The first-order valence-corrected chi connectivity index (χ1v) is 7.16. The molecule has 4 atom stereocenters. The van der Waals surface area contributed by atoms with Gasteiger partial charge < -0.3 is 14.2 Å². The highest BCUT2D eigenvalue weighted by atomic mass is 16.6. The van der Waals surface area contributed by atoms with Gasteiger partial charge in [-0.15, -0.1) is 0 Å². The van der Waals surface area contributed by atoms with Crippen LogP contribution in [-0.4, -0.2) is 24.3 Å². The molecule has 1 aromatic carbocycles. The van der Waals surface area contributed by atoms with Crippen molar-refractivity contribution in [1.82, 2.24) is 0 Å². The zero-order chi connectivity index (χ0) is 14.3. The Morgan fingerprint density at radius 3 is 2.86 bits per heavy atom. The van der Waals surface area contributed by atoms with Gasteiger partial charge >= 0.3 is 5.97 Å². The Morgan fingerprint density at radius 1 is 1.24 bits per heavy atom. The van der Waals surface area contributed by atoms with Gasteiger partial charge in [0.15, 0.2) is 0 Å². The number of ether oxygens (including phenoxy) is 3. The fourth-order valence-corrected chi connectivity index (χ4v) is 3.24. The van der Waals surface area contributed by atoms with Crippen LogP contribution in [0, 0.1) is 5.41 Å². The summed E-state index contributed by atoms with van der Waals surface area (Å²) in [6.07, 6.45) is 7.39. The number of carbonyl (C=O) groups excluding carboxylic acids is 1. The monoisotopic (exact) mass is 284 g/mol. The van der Waals surface area contributed by atoms with Crippen LogP contribution in [0.1, 0.15) is 12.0 Å². The van der Waals surface area contributed by atoms with E-state index in [2.05, 4.69) is 0 Å². The van der Waals surface area contributed by atoms with E-state index in [1.54, 1.807) is 0 Å². The molecule has 4 nitrogen and oxygen atoms in total. The van der Waals surface area contributed by atoms with Crippen molar-refractivity contribution in [3.8, 4) is 0 Å². The van der Waals surface area contributed by atoms with E-state index >= 15 is 0 Å². The van der Waals surface area contributed by atoms with E-state index in [0.29, 0.717) is 13.0 Å². The highest BCUT2D eigenvalue weighted by molar-refractivity contribution is 5.83. The molecule has 108 valence electrons. The molecule has 0 aliphatic carbocycles. The van der Waals surface area contributed by atoms with E-state index in [1.165, 1.54) is 6.26 Å². The van der Waals surface area contributed by atoms with E-state index < -0.39 is 5.41 Å². The number of hydrogen-bond acceptors (Lipinski definition) is 4. The number of benzene rings is 1. The molecular formula is C17H16O4. The largest absolute Gasteiger partial charge is 0.434 e. The quantitative estimate of drug-likeness (QED) is 0.631. The lowest BCUT2D eigenvalue weighted by Gasteiger charge is -2.25. The minimum absolute atomic E-state index is 0.0981. The third kappa shape index (κ3) is 2.03. The maximum Gasteiger partial charge on any atom is 0.323 e. The molecule has 4 rings (SSSR count). The van der Waals surface area contributed by atoms with Crippen molar-refractivity contribution in [2.24, 2.45) is 5.41 Å². The Kier molecular flexibility index (Phi) is 2.94. The summed E-state index contributed by atoms with van der Waals surface area (Å²) >= 11 is 0. The van der Waals surface area contributed by atoms with Crippen molar-refractivity contribution in [2.45, 2.75) is 31.3 Å². The van der Waals surface area contributed by atoms with Crippen LogP contribution >= 0.6 is 0 Å². The number of esters is 1. The van der Waals surface area contributed by atoms with E-state index in [0.717, 1.165) is 5.56 Å². The maximum absolute atomic E-state index is 12.0. The van der Waals surface area contributed by atoms with Crippen molar-refractivity contribution in [1.29, 1.82) is 0 Å². The molecule has 3 heterocycles. The fraction of sp³-hybridized carbons (Fsp3) is 0.353. The van der Waals surface area contributed by atoms with Gasteiger partial charge in [0.1, 0.15) is 11.5 Å². The van der Waals surface area contributed by atoms with Gasteiger partial charge in [-0.05, 0) is 18.1 Å². The normalized spacial score (nSPS) is 36.4. The van der Waals surface area contributed by atoms with E-state index in [9.17, 15) is 4.79 Å². The molecular weight excluding hydrogens is 268 g/mol. The van der Waals surface area contributed by atoms with Crippen molar-refractivity contribution in [3.63, 3.8) is 0 Å². The number of fused-ring (bicyclic) bond motifs is 3. The minimum Gasteiger partial charge on any atom is -0.434 e. The number of carbonyl (C=O) groups is 1. The highest BCUT2D eigenvalue weighted by Crippen LogP contribution is 2.48. The van der Waals surface area contributed by atoms with Gasteiger partial charge in [-0.2, -0.15) is 0 Å². The van der Waals surface area contributed by atoms with Gasteiger partial charge in [-0.25, -0.2) is 0 Å². The number of rotatable bonds is 3. The molecule has 3 aliphatic heterocycles. The second kappa shape index (κ2) is 4.83. The first kappa shape index (κ1) is 12.8. The molecule has 21 heavy (non-hydrogen) atoms. The van der Waals surface area contributed by atoms with Crippen LogP contribution in [0.3, 0.4) is 0 Å². The Bertz CT molecular complexity index is 606. The third-order valence-corrected chi connectivity index (χ3v) is 4.42. The summed E-state index contributed by atoms with van der Waals surface area (Å²) in [6, 6.07) is 10.0. The molecule has 0 N–H and O–H groups in total. The van der Waals surface area contributed by atoms with Crippen LogP contribution in [0.4, 0.5) is 0 Å². The minimum atomic E-state index is -0.647. The zero-order valence-electron chi connectivity index (χ0n) is 11.5. The first-order valence-electron chi connectivity index (χ1n) is 7.16. The molecule has 1 unspecified atom stereocenters. The maximum atomic E-state index is 12.0. The predicted octanol–water partition coefficient (Wildman–Crippen LogP) is 2.36. The molecule has 1 saturated heterocycles. The van der Waals surface area contributed by atoms with Crippen LogP contribution in [0.2, 0.25) is 0 Å². The smallest absolute Gasteiger partial charge is 0.323 e. The van der Waals surface area contributed by atoms with Gasteiger partial charge in [-0.3, -0.25) is 4.79 Å². The molecule has 4 heteroatoms. The van der Waals surface area contributed by atoms with Crippen molar-refractivity contribution >= 4 is 5.97 Å². The lowest BCUT2D eigenvalue weighted by Crippen LogP contribution is -2.34. The summed E-state index contributed by atoms with van der Waals surface area (Å²) in [5, 5.41) is 0. The topological polar surface area (TPSA) is 44.8 Å². The first-order chi connectivity index (χ1) is 10.3. The van der Waals surface area contributed by atoms with Gasteiger partial charge in [0.2, 0.25) is 0 Å². The summed E-state index contributed by atoms with van der Waals surface area (Å²) in [7, 11) is 0. The van der Waals surface area contributed by atoms with Gasteiger partial charge in [0.05, 0.1) is 25.1 Å². The summed E-state index contributed by atoms with van der Waals surface area (Å²) in [5.41, 5.74) is 0.479. The van der Waals surface area contributed by atoms with Crippen molar-refractivity contribution in [3.05, 3.63) is 60.4 Å². The molecule has 1 spiro atoms. The molecule has 0 radical (unpaired) electrons. The van der Waals surface area contributed by atoms with Crippen LogP contribution in [0.5, 0.6) is 0 Å². The average molecular weight is 284 g/mol. The fourth-order valence-electron chi connectivity index (χ4n) is 3.24. The summed E-state index contributed by atoms with van der Waals surface area (Å²) in [5.74, 6) is -0.219. The second-order valence-corrected chi connectivity index (χ2v) is 5.69. The SMILES string of the molecule is O=C1OC=C[C@]12CC1O[C@@H]2C=C[C@@H]1OCc1ccccc1. The van der Waals surface area contributed by atoms with E-state index in [4.69, 9.17) is 14.2 Å². The summed E-state index contributed by atoms with van der Waals surface area (Å²) < 4.78 is 16.9. The molecule has 3 aliphatic rings. The molecule has 1 aromatic rings. The molecule has 1 fully saturated rings. The molecule has 0 amide bonds. The van der Waals surface area contributed by atoms with Crippen LogP contribution in [0.25, 0.3) is 0 Å². The Hall–Kier alpha value is -1.91. The Balaban J connectivity index is 1.47. The van der Waals surface area contributed by atoms with Crippen molar-refractivity contribution < 1.29 is 19.0 Å². The standard InChI is InChI=1S/C17H16O4/c18-16-17(8-9-19-16)10-14-13(6-7-15(17)21-14)20-11-12-4-2-1-3-5-12/h1-9,13-15H,10-11H2/t13-,14?,15+,17+/m0/s1. The van der Waals surface area contributed by atoms with Gasteiger partial charge in [0.25, 0.3) is 0 Å². The predicted molar refractivity (Wildman–Crippen MR) is 75.1 cm³/mol. The highest BCUT2D eigenvalue weighted by Gasteiger charge is 2.57. The van der Waals surface area contributed by atoms with E-state index in [1.807, 2.05) is 48.6 Å². The van der Waals surface area contributed by atoms with Gasteiger partial charge in [-0.1, -0.05) is 42.5 Å². The zero-order valence-corrected chi connectivity index (χ0v) is 11.5. The number of cyclic esters (lactones) is 1. The molecule has 0 saturated carbocycles. The van der Waals surface area contributed by atoms with Crippen LogP contribution in [0.15, 0.2) is 54.8 Å². The third-order valence-electron chi connectivity index (χ3n) is 4.42. The van der Waals surface area contributed by atoms with Crippen LogP contribution in [-0.2, 0) is 25.6 Å². The summed E-state index contributed by atoms with van der Waals surface area (Å²) in [6.45, 7) is 0.535.